The lowest BCUT2D eigenvalue weighted by molar-refractivity contribution is 0.346. The summed E-state index contributed by atoms with van der Waals surface area (Å²) in [5.74, 6) is 1.62. The number of aryl methyl sites for hydroxylation is 2. The van der Waals surface area contributed by atoms with Crippen molar-refractivity contribution in [2.75, 3.05) is 0 Å². The summed E-state index contributed by atoms with van der Waals surface area (Å²) in [6.45, 7) is 34.5. The van der Waals surface area contributed by atoms with Crippen molar-refractivity contribution in [1.82, 2.24) is 0 Å². The van der Waals surface area contributed by atoms with Gasteiger partial charge in [-0.25, -0.2) is 0 Å². The van der Waals surface area contributed by atoms with Gasteiger partial charge in [0.2, 0.25) is 0 Å². The first-order chi connectivity index (χ1) is 16.7. The summed E-state index contributed by atoms with van der Waals surface area (Å²) in [5.41, 5.74) is 9.47. The van der Waals surface area contributed by atoms with E-state index in [1.54, 1.807) is 0 Å². The maximum atomic E-state index is 6.62. The van der Waals surface area contributed by atoms with Gasteiger partial charge < -0.3 is 13.6 Å². The van der Waals surface area contributed by atoms with E-state index in [1.165, 1.54) is 17.4 Å². The zero-order valence-corrected chi connectivity index (χ0v) is 26.7. The predicted molar refractivity (Wildman–Crippen MR) is 160 cm³/mol. The molecule has 4 heteroatoms. The van der Waals surface area contributed by atoms with E-state index in [9.17, 15) is 0 Å². The second kappa shape index (κ2) is 10.9. The Morgan fingerprint density at radius 3 is 1.24 bits per heavy atom. The number of hydrogen-bond acceptors (Lipinski definition) is 3. The molecule has 0 aliphatic carbocycles. The molecule has 2 aromatic rings. The molecule has 0 spiro atoms. The quantitative estimate of drug-likeness (QED) is 0.214. The van der Waals surface area contributed by atoms with Crippen LogP contribution in [0.1, 0.15) is 116 Å². The normalized spacial score (nSPS) is 12.8. The topological polar surface area (TPSA) is 27.7 Å². The number of benzene rings is 2. The zero-order chi connectivity index (χ0) is 28.6. The summed E-state index contributed by atoms with van der Waals surface area (Å²) in [6, 6.07) is 8.96. The van der Waals surface area contributed by atoms with Crippen LogP contribution in [0.3, 0.4) is 0 Å². The van der Waals surface area contributed by atoms with Gasteiger partial charge in [0, 0.05) is 11.1 Å². The van der Waals surface area contributed by atoms with Gasteiger partial charge in [0.25, 0.3) is 0 Å². The van der Waals surface area contributed by atoms with E-state index in [1.807, 2.05) is 0 Å². The van der Waals surface area contributed by atoms with Gasteiger partial charge in [-0.1, -0.05) is 120 Å². The maximum Gasteiger partial charge on any atom is 0.530 e. The lowest BCUT2D eigenvalue weighted by Gasteiger charge is -2.31. The molecular weight excluding hydrogens is 475 g/mol. The summed E-state index contributed by atoms with van der Waals surface area (Å²) >= 11 is 0. The van der Waals surface area contributed by atoms with E-state index < -0.39 is 8.60 Å². The molecule has 2 rings (SSSR count). The number of hydrogen-bond donors (Lipinski definition) is 0. The minimum Gasteiger partial charge on any atom is -0.408 e. The Hall–Kier alpha value is -2.21. The zero-order valence-electron chi connectivity index (χ0n) is 25.8. The molecule has 3 nitrogen and oxygen atoms in total. The van der Waals surface area contributed by atoms with Gasteiger partial charge in [-0.05, 0) is 57.8 Å². The monoisotopic (exact) mass is 524 g/mol. The van der Waals surface area contributed by atoms with E-state index in [0.717, 1.165) is 33.8 Å². The highest BCUT2D eigenvalue weighted by atomic mass is 31.2. The van der Waals surface area contributed by atoms with Gasteiger partial charge in [0.05, 0.1) is 0 Å². The van der Waals surface area contributed by atoms with Crippen LogP contribution in [0.2, 0.25) is 0 Å². The van der Waals surface area contributed by atoms with Gasteiger partial charge in [-0.3, -0.25) is 0 Å². The highest BCUT2D eigenvalue weighted by Crippen LogP contribution is 2.50. The van der Waals surface area contributed by atoms with Crippen molar-refractivity contribution >= 4 is 8.60 Å². The first-order valence-electron chi connectivity index (χ1n) is 13.1. The van der Waals surface area contributed by atoms with Crippen LogP contribution in [0.25, 0.3) is 0 Å². The van der Waals surface area contributed by atoms with Gasteiger partial charge in [0.1, 0.15) is 17.8 Å². The average Bonchev–Trinajstić information content (AvgIpc) is 2.70. The second-order valence-electron chi connectivity index (χ2n) is 14.2. The van der Waals surface area contributed by atoms with Crippen molar-refractivity contribution in [3.63, 3.8) is 0 Å². The third-order valence-electron chi connectivity index (χ3n) is 6.45. The van der Waals surface area contributed by atoms with Crippen LogP contribution in [0.15, 0.2) is 42.8 Å². The molecule has 0 fully saturated rings. The molecule has 0 atom stereocenters. The van der Waals surface area contributed by atoms with Crippen LogP contribution < -0.4 is 9.05 Å². The fraction of sp³-hybridized carbons (Fsp3) is 0.545. The van der Waals surface area contributed by atoms with Gasteiger partial charge in [-0.15, -0.1) is 0 Å². The molecule has 0 bridgehead atoms. The van der Waals surface area contributed by atoms with E-state index >= 15 is 0 Å². The second-order valence-corrected chi connectivity index (χ2v) is 15.2. The fourth-order valence-corrected chi connectivity index (χ4v) is 5.13. The molecular formula is C33H49O3P. The molecule has 0 aromatic heterocycles. The van der Waals surface area contributed by atoms with Crippen molar-refractivity contribution in [3.05, 3.63) is 76.2 Å². The van der Waals surface area contributed by atoms with Crippen LogP contribution in [0.5, 0.6) is 11.5 Å². The fourth-order valence-electron chi connectivity index (χ4n) is 4.06. The highest BCUT2D eigenvalue weighted by molar-refractivity contribution is 7.42. The summed E-state index contributed by atoms with van der Waals surface area (Å²) in [7, 11) is -1.81. The van der Waals surface area contributed by atoms with E-state index in [-0.39, 0.29) is 21.7 Å². The average molecular weight is 525 g/mol. The van der Waals surface area contributed by atoms with Crippen molar-refractivity contribution in [3.8, 4) is 11.5 Å². The van der Waals surface area contributed by atoms with E-state index in [4.69, 9.17) is 13.6 Å². The van der Waals surface area contributed by atoms with Gasteiger partial charge in [-0.2, -0.15) is 0 Å². The molecule has 0 N–H and O–H groups in total. The van der Waals surface area contributed by atoms with Crippen molar-refractivity contribution < 1.29 is 13.6 Å². The molecule has 37 heavy (non-hydrogen) atoms. The molecule has 0 amide bonds. The molecule has 0 heterocycles. The Morgan fingerprint density at radius 1 is 0.622 bits per heavy atom. The lowest BCUT2D eigenvalue weighted by atomic mass is 9.79. The Morgan fingerprint density at radius 2 is 0.973 bits per heavy atom. The molecule has 0 saturated heterocycles. The minimum absolute atomic E-state index is 0.0279. The third kappa shape index (κ3) is 7.89. The predicted octanol–water partition coefficient (Wildman–Crippen LogP) is 10.5. The Balaban J connectivity index is 2.67. The van der Waals surface area contributed by atoms with Crippen LogP contribution in [-0.4, -0.2) is 0 Å². The van der Waals surface area contributed by atoms with Crippen LogP contribution >= 0.6 is 8.60 Å². The first kappa shape index (κ1) is 31.0. The summed E-state index contributed by atoms with van der Waals surface area (Å²) < 4.78 is 19.2. The standard InChI is InChI=1S/C33H49O3P/c1-16-17-34-37(35-28-22(2)18-24(30(4,5)6)20-26(28)32(10,11)12)36-29-23(3)19-25(31(7,8)9)21-27(29)33(13,14)15/h17-21H,1H2,2-15H3. The number of rotatable bonds is 6. The summed E-state index contributed by atoms with van der Waals surface area (Å²) in [6.07, 6.45) is 1.43. The maximum absolute atomic E-state index is 6.62. The summed E-state index contributed by atoms with van der Waals surface area (Å²) in [5, 5.41) is 0. The van der Waals surface area contributed by atoms with Crippen LogP contribution in [0.4, 0.5) is 0 Å². The molecule has 0 saturated carbocycles. The van der Waals surface area contributed by atoms with Crippen LogP contribution in [0, 0.1) is 13.8 Å². The van der Waals surface area contributed by atoms with Crippen molar-refractivity contribution in [1.29, 1.82) is 0 Å². The molecule has 0 unspecified atom stereocenters. The smallest absolute Gasteiger partial charge is 0.408 e. The van der Waals surface area contributed by atoms with Gasteiger partial charge in [0.15, 0.2) is 0 Å². The minimum atomic E-state index is -1.81. The molecule has 0 aliphatic rings. The lowest BCUT2D eigenvalue weighted by Crippen LogP contribution is -2.19. The molecule has 0 aliphatic heterocycles. The largest absolute Gasteiger partial charge is 0.530 e. The highest BCUT2D eigenvalue weighted by Gasteiger charge is 2.31. The van der Waals surface area contributed by atoms with E-state index in [2.05, 4.69) is 134 Å². The molecule has 2 aromatic carbocycles. The summed E-state index contributed by atoms with van der Waals surface area (Å²) in [4.78, 5) is 0. The van der Waals surface area contributed by atoms with Crippen molar-refractivity contribution in [2.45, 2.75) is 119 Å². The van der Waals surface area contributed by atoms with Crippen LogP contribution in [-0.2, 0) is 26.2 Å². The van der Waals surface area contributed by atoms with Crippen molar-refractivity contribution in [2.24, 2.45) is 0 Å². The Bertz CT molecular complexity index is 1080. The Labute approximate surface area is 228 Å². The van der Waals surface area contributed by atoms with E-state index in [0.29, 0.717) is 0 Å². The van der Waals surface area contributed by atoms with Gasteiger partial charge >= 0.3 is 8.60 Å². The first-order valence-corrected chi connectivity index (χ1v) is 14.2. The SMILES string of the molecule is C=C=COP(Oc1c(C)cc(C(C)(C)C)cc1C(C)(C)C)Oc1c(C)cc(C(C)(C)C)cc1C(C)(C)C. The third-order valence-corrected chi connectivity index (χ3v) is 7.39. The molecule has 204 valence electrons. The molecule has 0 radical (unpaired) electrons. The Kier molecular flexibility index (Phi) is 9.12.